The van der Waals surface area contributed by atoms with Gasteiger partial charge in [0.25, 0.3) is 0 Å². The van der Waals surface area contributed by atoms with Crippen molar-refractivity contribution in [2.75, 3.05) is 12.0 Å². The van der Waals surface area contributed by atoms with Crippen molar-refractivity contribution < 1.29 is 4.79 Å². The Morgan fingerprint density at radius 1 is 1.14 bits per heavy atom. The van der Waals surface area contributed by atoms with Crippen molar-refractivity contribution >= 4 is 29.3 Å². The lowest BCUT2D eigenvalue weighted by molar-refractivity contribution is -0.108. The molecule has 0 spiro atoms. The Balaban J connectivity index is -0.000000711. The van der Waals surface area contributed by atoms with E-state index in [0.29, 0.717) is 11.0 Å². The number of anilines is 1. The third kappa shape index (κ3) is 25.8. The summed E-state index contributed by atoms with van der Waals surface area (Å²) >= 11 is 6.18. The molecule has 0 bridgehead atoms. The number of halogens is 1. The van der Waals surface area contributed by atoms with Crippen LogP contribution >= 0.6 is 11.6 Å². The summed E-state index contributed by atoms with van der Waals surface area (Å²) in [6.07, 6.45) is 20.2. The number of carbonyl (C=O) groups excluding carboxylic acids is 1. The van der Waals surface area contributed by atoms with Crippen LogP contribution in [0.15, 0.2) is 76.6 Å². The van der Waals surface area contributed by atoms with Crippen LogP contribution < -0.4 is 16.8 Å². The first-order valence-electron chi connectivity index (χ1n) is 16.8. The quantitative estimate of drug-likeness (QED) is 0.133. The van der Waals surface area contributed by atoms with E-state index >= 15 is 0 Å². The van der Waals surface area contributed by atoms with Crippen LogP contribution in [0.25, 0.3) is 0 Å². The van der Waals surface area contributed by atoms with Crippen molar-refractivity contribution in [2.24, 2.45) is 28.3 Å². The Morgan fingerprint density at radius 3 is 2.34 bits per heavy atom. The Bertz CT molecular complexity index is 963. The Kier molecular flexibility index (Phi) is 34.6. The van der Waals surface area contributed by atoms with Crippen molar-refractivity contribution in [3.05, 3.63) is 77.1 Å². The average molecular weight is 631 g/mol. The molecule has 2 rings (SSSR count). The fourth-order valence-corrected chi connectivity index (χ4v) is 4.58. The summed E-state index contributed by atoms with van der Waals surface area (Å²) in [5, 5.41) is 3.80. The number of aliphatic imine (C=N–C) groups is 1. The van der Waals surface area contributed by atoms with E-state index < -0.39 is 0 Å². The summed E-state index contributed by atoms with van der Waals surface area (Å²) < 4.78 is 0. The minimum Gasteiger partial charge on any atom is -0.405 e. The first-order chi connectivity index (χ1) is 21.2. The molecular weight excluding hydrogens is 564 g/mol. The Labute approximate surface area is 277 Å². The minimum absolute atomic E-state index is 0.246. The second-order valence-corrected chi connectivity index (χ2v) is 11.0. The number of hydrogen-bond acceptors (Lipinski definition) is 5. The van der Waals surface area contributed by atoms with E-state index in [1.165, 1.54) is 62.3 Å². The van der Waals surface area contributed by atoms with Gasteiger partial charge in [-0.1, -0.05) is 134 Å². The highest BCUT2D eigenvalue weighted by molar-refractivity contribution is 6.43. The van der Waals surface area contributed by atoms with Gasteiger partial charge in [0.05, 0.1) is 17.4 Å². The second-order valence-electron chi connectivity index (χ2n) is 10.6. The van der Waals surface area contributed by atoms with E-state index in [1.54, 1.807) is 11.8 Å². The van der Waals surface area contributed by atoms with Crippen LogP contribution in [0.4, 0.5) is 5.69 Å². The average Bonchev–Trinajstić information content (AvgIpc) is 3.02. The molecule has 0 aromatic heterocycles. The van der Waals surface area contributed by atoms with Crippen molar-refractivity contribution in [1.82, 2.24) is 0 Å². The molecule has 0 heterocycles. The largest absolute Gasteiger partial charge is 0.405 e. The lowest BCUT2D eigenvalue weighted by atomic mass is 9.93. The number of aryl methyl sites for hydroxylation is 1. The molecule has 1 unspecified atom stereocenters. The molecule has 0 saturated carbocycles. The molecule has 1 aliphatic carbocycles. The van der Waals surface area contributed by atoms with Crippen molar-refractivity contribution in [2.45, 2.75) is 127 Å². The Morgan fingerprint density at radius 2 is 1.80 bits per heavy atom. The van der Waals surface area contributed by atoms with Crippen molar-refractivity contribution in [3.63, 3.8) is 0 Å². The number of aldehydes is 1. The molecular formula is C38H67ClN4O. The number of allylic oxidation sites excluding steroid dienone is 5. The predicted molar refractivity (Wildman–Crippen MR) is 200 cm³/mol. The zero-order valence-electron chi connectivity index (χ0n) is 29.7. The van der Waals surface area contributed by atoms with E-state index in [4.69, 9.17) is 17.3 Å². The van der Waals surface area contributed by atoms with Crippen molar-refractivity contribution in [3.8, 4) is 0 Å². The van der Waals surface area contributed by atoms with E-state index in [2.05, 4.69) is 80.7 Å². The lowest BCUT2D eigenvalue weighted by Crippen LogP contribution is -2.02. The van der Waals surface area contributed by atoms with Gasteiger partial charge in [0, 0.05) is 18.3 Å². The topological polar surface area (TPSA) is 93.5 Å². The van der Waals surface area contributed by atoms with Crippen LogP contribution in [0.3, 0.4) is 0 Å². The highest BCUT2D eigenvalue weighted by Gasteiger charge is 2.07. The molecule has 1 aromatic rings. The van der Waals surface area contributed by atoms with Gasteiger partial charge >= 0.3 is 0 Å². The monoisotopic (exact) mass is 631 g/mol. The summed E-state index contributed by atoms with van der Waals surface area (Å²) in [6.45, 7) is 22.2. The molecule has 0 fully saturated rings. The summed E-state index contributed by atoms with van der Waals surface area (Å²) in [5.74, 6) is 1.46. The molecule has 0 saturated heterocycles. The van der Waals surface area contributed by atoms with Crippen molar-refractivity contribution in [1.29, 1.82) is 0 Å². The molecule has 1 atom stereocenters. The van der Waals surface area contributed by atoms with Gasteiger partial charge in [-0.15, -0.1) is 0 Å². The van der Waals surface area contributed by atoms with Gasteiger partial charge in [-0.2, -0.15) is 0 Å². The SMILES string of the molecule is C=CN.CC.CC.CC1=C(CCc2cccc(N/C=C(Cl)\C(C)=N/CN)c2)CCC=C1.CCCC(CC=O)CCCC(C)C. The fourth-order valence-electron chi connectivity index (χ4n) is 4.47. The maximum Gasteiger partial charge on any atom is 0.120 e. The van der Waals surface area contributed by atoms with Crippen LogP contribution in [-0.4, -0.2) is 18.7 Å². The van der Waals surface area contributed by atoms with Gasteiger partial charge in [0.15, 0.2) is 0 Å². The fraction of sp³-hybridized carbons (Fsp3) is 0.579. The Hall–Kier alpha value is -2.63. The third-order valence-electron chi connectivity index (χ3n) is 6.74. The molecule has 0 aliphatic heterocycles. The second kappa shape index (κ2) is 33.3. The van der Waals surface area contributed by atoms with Crippen LogP contribution in [0.5, 0.6) is 0 Å². The van der Waals surface area contributed by atoms with Gasteiger partial charge in [0.1, 0.15) is 6.29 Å². The van der Waals surface area contributed by atoms with Gasteiger partial charge < -0.3 is 21.6 Å². The molecule has 0 radical (unpaired) electrons. The highest BCUT2D eigenvalue weighted by atomic mass is 35.5. The van der Waals surface area contributed by atoms with E-state index in [0.717, 1.165) is 42.9 Å². The minimum atomic E-state index is 0.246. The zero-order chi connectivity index (χ0) is 34.2. The van der Waals surface area contributed by atoms with E-state index in [-0.39, 0.29) is 6.67 Å². The number of nitrogens with two attached hydrogens (primary N) is 2. The molecule has 44 heavy (non-hydrogen) atoms. The first kappa shape index (κ1) is 45.8. The van der Waals surface area contributed by atoms with Gasteiger partial charge in [0.2, 0.25) is 0 Å². The number of nitrogens with one attached hydrogen (secondary N) is 1. The molecule has 6 heteroatoms. The normalized spacial score (nSPS) is 13.1. The van der Waals surface area contributed by atoms with Crippen LogP contribution in [0, 0.1) is 11.8 Å². The number of nitrogens with zero attached hydrogens (tertiary/aromatic N) is 1. The predicted octanol–water partition coefficient (Wildman–Crippen LogP) is 11.1. The molecule has 5 N–H and O–H groups in total. The summed E-state index contributed by atoms with van der Waals surface area (Å²) in [5.41, 5.74) is 16.1. The van der Waals surface area contributed by atoms with Crippen LogP contribution in [0.1, 0.15) is 126 Å². The van der Waals surface area contributed by atoms with Gasteiger partial charge in [-0.05, 0) is 75.3 Å². The summed E-state index contributed by atoms with van der Waals surface area (Å²) in [6, 6.07) is 8.45. The maximum absolute atomic E-state index is 10.4. The summed E-state index contributed by atoms with van der Waals surface area (Å²) in [4.78, 5) is 14.5. The smallest absolute Gasteiger partial charge is 0.120 e. The lowest BCUT2D eigenvalue weighted by Gasteiger charge is -2.13. The van der Waals surface area contributed by atoms with Gasteiger partial charge in [-0.3, -0.25) is 4.99 Å². The number of carbonyl (C=O) groups is 1. The molecule has 1 aliphatic rings. The molecule has 252 valence electrons. The van der Waals surface area contributed by atoms with E-state index in [1.807, 2.05) is 40.7 Å². The maximum atomic E-state index is 10.4. The van der Waals surface area contributed by atoms with E-state index in [9.17, 15) is 4.79 Å². The third-order valence-corrected chi connectivity index (χ3v) is 7.12. The standard InChI is InChI=1S/C20H26ClN3.C12H24O.C2H5N.2C2H6/c1-15-6-3-4-8-18(15)11-10-17-7-5-9-19(12-17)23-13-20(21)16(2)24-14-22;1-4-6-12(9-10-13)8-5-7-11(2)3;1-2-3;2*1-2/h3,5-7,9,12-13,23H,4,8,10-11,14,22H2,1-2H3;10-12H,4-9H2,1-3H3;2H,1,3H2;2*1-2H3/b20-13+,24-16-;;;;. The van der Waals surface area contributed by atoms with Crippen LogP contribution in [0.2, 0.25) is 0 Å². The first-order valence-corrected chi connectivity index (χ1v) is 17.1. The highest BCUT2D eigenvalue weighted by Crippen LogP contribution is 2.24. The number of hydrogen-bond donors (Lipinski definition) is 3. The number of benzene rings is 1. The number of rotatable bonds is 15. The molecule has 1 aromatic carbocycles. The zero-order valence-corrected chi connectivity index (χ0v) is 30.5. The molecule has 0 amide bonds. The van der Waals surface area contributed by atoms with Crippen LogP contribution in [-0.2, 0) is 11.2 Å². The van der Waals surface area contributed by atoms with Gasteiger partial charge in [-0.25, -0.2) is 0 Å². The molecule has 5 nitrogen and oxygen atoms in total. The summed E-state index contributed by atoms with van der Waals surface area (Å²) in [7, 11) is 0.